The Kier molecular flexibility index (Phi) is 1.64. The second kappa shape index (κ2) is 2.82. The van der Waals surface area contributed by atoms with Crippen LogP contribution in [0.1, 0.15) is 62.0 Å². The van der Waals surface area contributed by atoms with Gasteiger partial charge in [0.1, 0.15) is 5.82 Å². The van der Waals surface area contributed by atoms with Crippen LogP contribution < -0.4 is 0 Å². The lowest BCUT2D eigenvalue weighted by Gasteiger charge is -2.00. The fourth-order valence-electron chi connectivity index (χ4n) is 2.19. The van der Waals surface area contributed by atoms with Gasteiger partial charge in [-0.1, -0.05) is 12.8 Å². The largest absolute Gasteiger partial charge is 0.263 e. The number of hydrogen-bond donors (Lipinski definition) is 1. The summed E-state index contributed by atoms with van der Waals surface area (Å²) in [4.78, 5) is 4.59. The van der Waals surface area contributed by atoms with Crippen molar-refractivity contribution in [3.63, 3.8) is 0 Å². The molecular weight excluding hydrogens is 162 g/mol. The van der Waals surface area contributed by atoms with E-state index < -0.39 is 0 Å². The Morgan fingerprint density at radius 1 is 1.00 bits per heavy atom. The number of hydrogen-bond acceptors (Lipinski definition) is 2. The van der Waals surface area contributed by atoms with E-state index in [0.29, 0.717) is 11.8 Å². The monoisotopic (exact) mass is 177 g/mol. The van der Waals surface area contributed by atoms with E-state index in [1.165, 1.54) is 38.5 Å². The first-order chi connectivity index (χ1) is 6.43. The van der Waals surface area contributed by atoms with Gasteiger partial charge in [-0.2, -0.15) is 5.10 Å². The standard InChI is InChI=1S/C10H15N3/c1-2-4-7(3-1)9-11-10(13-12-9)8-5-6-8/h7-8H,1-6H2,(H,11,12,13). The smallest absolute Gasteiger partial charge is 0.153 e. The van der Waals surface area contributed by atoms with Gasteiger partial charge in [0.2, 0.25) is 0 Å². The summed E-state index contributed by atoms with van der Waals surface area (Å²) in [6.07, 6.45) is 7.92. The topological polar surface area (TPSA) is 41.6 Å². The van der Waals surface area contributed by atoms with Crippen molar-refractivity contribution in [3.05, 3.63) is 11.6 Å². The molecule has 2 aliphatic rings. The summed E-state index contributed by atoms with van der Waals surface area (Å²) in [5, 5.41) is 7.41. The van der Waals surface area contributed by atoms with E-state index in [0.717, 1.165) is 11.6 Å². The molecule has 70 valence electrons. The SMILES string of the molecule is C1CCC(c2n[nH]c(C3CC3)n2)C1. The lowest BCUT2D eigenvalue weighted by atomic mass is 10.1. The Bertz CT molecular complexity index is 295. The summed E-state index contributed by atoms with van der Waals surface area (Å²) in [7, 11) is 0. The lowest BCUT2D eigenvalue weighted by Crippen LogP contribution is -1.94. The molecule has 2 aliphatic carbocycles. The van der Waals surface area contributed by atoms with Crippen LogP contribution in [0.2, 0.25) is 0 Å². The van der Waals surface area contributed by atoms with Crippen LogP contribution in [0.4, 0.5) is 0 Å². The molecule has 13 heavy (non-hydrogen) atoms. The summed E-state index contributed by atoms with van der Waals surface area (Å²) in [6.45, 7) is 0. The maximum Gasteiger partial charge on any atom is 0.153 e. The number of aromatic nitrogens is 3. The first-order valence-electron chi connectivity index (χ1n) is 5.35. The van der Waals surface area contributed by atoms with Gasteiger partial charge in [0.25, 0.3) is 0 Å². The van der Waals surface area contributed by atoms with Gasteiger partial charge >= 0.3 is 0 Å². The molecule has 0 unspecified atom stereocenters. The molecule has 3 nitrogen and oxygen atoms in total. The van der Waals surface area contributed by atoms with Crippen molar-refractivity contribution in [1.29, 1.82) is 0 Å². The molecule has 3 heteroatoms. The number of nitrogens with one attached hydrogen (secondary N) is 1. The molecule has 0 bridgehead atoms. The van der Waals surface area contributed by atoms with Gasteiger partial charge in [-0.15, -0.1) is 0 Å². The van der Waals surface area contributed by atoms with Gasteiger partial charge in [-0.05, 0) is 25.7 Å². The Hall–Kier alpha value is -0.860. The average molecular weight is 177 g/mol. The molecule has 0 saturated heterocycles. The van der Waals surface area contributed by atoms with E-state index in [9.17, 15) is 0 Å². The molecule has 1 aromatic rings. The fraction of sp³-hybridized carbons (Fsp3) is 0.800. The third-order valence-corrected chi connectivity index (χ3v) is 3.20. The second-order valence-electron chi connectivity index (χ2n) is 4.33. The van der Waals surface area contributed by atoms with Crippen LogP contribution in [0.25, 0.3) is 0 Å². The maximum atomic E-state index is 4.59. The van der Waals surface area contributed by atoms with E-state index in [-0.39, 0.29) is 0 Å². The van der Waals surface area contributed by atoms with Gasteiger partial charge < -0.3 is 0 Å². The highest BCUT2D eigenvalue weighted by atomic mass is 15.2. The van der Waals surface area contributed by atoms with Crippen molar-refractivity contribution < 1.29 is 0 Å². The molecule has 2 saturated carbocycles. The number of aromatic amines is 1. The van der Waals surface area contributed by atoms with E-state index in [1.807, 2.05) is 0 Å². The summed E-state index contributed by atoms with van der Waals surface area (Å²) < 4.78 is 0. The molecule has 2 fully saturated rings. The number of H-pyrrole nitrogens is 1. The fourth-order valence-corrected chi connectivity index (χ4v) is 2.19. The van der Waals surface area contributed by atoms with Crippen LogP contribution in [-0.2, 0) is 0 Å². The van der Waals surface area contributed by atoms with E-state index in [2.05, 4.69) is 15.2 Å². The third-order valence-electron chi connectivity index (χ3n) is 3.20. The van der Waals surface area contributed by atoms with Crippen molar-refractivity contribution in [2.45, 2.75) is 50.4 Å². The van der Waals surface area contributed by atoms with E-state index in [4.69, 9.17) is 0 Å². The second-order valence-corrected chi connectivity index (χ2v) is 4.33. The van der Waals surface area contributed by atoms with Gasteiger partial charge in [0, 0.05) is 11.8 Å². The van der Waals surface area contributed by atoms with E-state index >= 15 is 0 Å². The molecule has 0 atom stereocenters. The van der Waals surface area contributed by atoms with Crippen LogP contribution in [0.3, 0.4) is 0 Å². The molecule has 1 aromatic heterocycles. The Balaban J connectivity index is 1.79. The summed E-state index contributed by atoms with van der Waals surface area (Å²) in [5.41, 5.74) is 0. The summed E-state index contributed by atoms with van der Waals surface area (Å²) >= 11 is 0. The average Bonchev–Trinajstić information content (AvgIpc) is 2.72. The highest BCUT2D eigenvalue weighted by Crippen LogP contribution is 2.39. The predicted octanol–water partition coefficient (Wildman–Crippen LogP) is 2.34. The quantitative estimate of drug-likeness (QED) is 0.753. The zero-order valence-corrected chi connectivity index (χ0v) is 7.79. The maximum absolute atomic E-state index is 4.59. The highest BCUT2D eigenvalue weighted by molar-refractivity contribution is 5.07. The van der Waals surface area contributed by atoms with Crippen LogP contribution in [0.15, 0.2) is 0 Å². The van der Waals surface area contributed by atoms with Gasteiger partial charge in [0.15, 0.2) is 5.82 Å². The van der Waals surface area contributed by atoms with Crippen LogP contribution in [0.5, 0.6) is 0 Å². The molecule has 1 N–H and O–H groups in total. The normalized spacial score (nSPS) is 24.0. The van der Waals surface area contributed by atoms with Crippen molar-refractivity contribution in [2.75, 3.05) is 0 Å². The first kappa shape index (κ1) is 7.54. The highest BCUT2D eigenvalue weighted by Gasteiger charge is 2.29. The van der Waals surface area contributed by atoms with Gasteiger partial charge in [0.05, 0.1) is 0 Å². The van der Waals surface area contributed by atoms with Crippen LogP contribution in [-0.4, -0.2) is 15.2 Å². The Morgan fingerprint density at radius 2 is 1.77 bits per heavy atom. The lowest BCUT2D eigenvalue weighted by molar-refractivity contribution is 0.671. The zero-order valence-electron chi connectivity index (χ0n) is 7.79. The first-order valence-corrected chi connectivity index (χ1v) is 5.35. The van der Waals surface area contributed by atoms with Gasteiger partial charge in [-0.3, -0.25) is 5.10 Å². The van der Waals surface area contributed by atoms with Crippen LogP contribution in [0, 0.1) is 0 Å². The molecule has 0 aliphatic heterocycles. The van der Waals surface area contributed by atoms with Crippen molar-refractivity contribution in [3.8, 4) is 0 Å². The molecule has 1 heterocycles. The minimum Gasteiger partial charge on any atom is -0.263 e. The number of rotatable bonds is 2. The minimum absolute atomic E-state index is 0.656. The molecule has 0 aromatic carbocycles. The molecule has 0 amide bonds. The minimum atomic E-state index is 0.656. The summed E-state index contributed by atoms with van der Waals surface area (Å²) in [5.74, 6) is 3.59. The predicted molar refractivity (Wildman–Crippen MR) is 49.6 cm³/mol. The van der Waals surface area contributed by atoms with Crippen LogP contribution >= 0.6 is 0 Å². The van der Waals surface area contributed by atoms with Gasteiger partial charge in [-0.25, -0.2) is 4.98 Å². The van der Waals surface area contributed by atoms with Crippen molar-refractivity contribution in [1.82, 2.24) is 15.2 Å². The Morgan fingerprint density at radius 3 is 2.46 bits per heavy atom. The van der Waals surface area contributed by atoms with E-state index in [1.54, 1.807) is 0 Å². The van der Waals surface area contributed by atoms with Crippen molar-refractivity contribution in [2.24, 2.45) is 0 Å². The van der Waals surface area contributed by atoms with Crippen molar-refractivity contribution >= 4 is 0 Å². The molecule has 0 radical (unpaired) electrons. The third kappa shape index (κ3) is 1.36. The zero-order chi connectivity index (χ0) is 8.67. The molecular formula is C10H15N3. The molecule has 0 spiro atoms. The summed E-state index contributed by atoms with van der Waals surface area (Å²) in [6, 6.07) is 0. The molecule has 3 rings (SSSR count). The Labute approximate surface area is 78.0 Å². The number of nitrogens with zero attached hydrogens (tertiary/aromatic N) is 2.